The lowest BCUT2D eigenvalue weighted by molar-refractivity contribution is 0.264. The van der Waals surface area contributed by atoms with Crippen molar-refractivity contribution in [1.29, 1.82) is 0 Å². The molecule has 0 amide bonds. The molecule has 2 aliphatic rings. The topological polar surface area (TPSA) is 91.0 Å². The Hall–Kier alpha value is -1.67. The van der Waals surface area contributed by atoms with Crippen molar-refractivity contribution < 1.29 is 8.42 Å². The van der Waals surface area contributed by atoms with Crippen molar-refractivity contribution in [3.8, 4) is 0 Å². The molecule has 7 nitrogen and oxygen atoms in total. The Morgan fingerprint density at radius 2 is 1.93 bits per heavy atom. The van der Waals surface area contributed by atoms with Crippen molar-refractivity contribution in [3.63, 3.8) is 0 Å². The molecule has 3 heterocycles. The number of nitrogens with zero attached hydrogens (tertiary/aromatic N) is 3. The molecule has 1 aliphatic heterocycles. The number of pyridine rings is 1. The molecule has 0 spiro atoms. The van der Waals surface area contributed by atoms with Gasteiger partial charge in [-0.15, -0.1) is 0 Å². The molecule has 1 saturated carbocycles. The molecular weight excluding hydrogens is 374 g/mol. The van der Waals surface area contributed by atoms with E-state index in [0.29, 0.717) is 25.0 Å². The van der Waals surface area contributed by atoms with Gasteiger partial charge in [0, 0.05) is 31.0 Å². The summed E-state index contributed by atoms with van der Waals surface area (Å²) >= 11 is 0. The molecule has 0 radical (unpaired) electrons. The lowest BCUT2D eigenvalue weighted by atomic mass is 9.92. The van der Waals surface area contributed by atoms with Gasteiger partial charge in [0.2, 0.25) is 10.0 Å². The number of piperidine rings is 1. The van der Waals surface area contributed by atoms with Gasteiger partial charge in [0.25, 0.3) is 0 Å². The zero-order chi connectivity index (χ0) is 19.6. The number of anilines is 1. The number of aryl methyl sites for hydroxylation is 1. The van der Waals surface area contributed by atoms with Gasteiger partial charge < -0.3 is 5.32 Å². The third-order valence-corrected chi connectivity index (χ3v) is 7.64. The van der Waals surface area contributed by atoms with Crippen LogP contribution in [0.25, 0.3) is 10.9 Å². The summed E-state index contributed by atoms with van der Waals surface area (Å²) < 4.78 is 25.0. The summed E-state index contributed by atoms with van der Waals surface area (Å²) in [4.78, 5) is 4.62. The number of rotatable bonds is 6. The minimum absolute atomic E-state index is 0.509. The number of aromatic amines is 1. The van der Waals surface area contributed by atoms with Crippen LogP contribution in [0.4, 0.5) is 5.82 Å². The van der Waals surface area contributed by atoms with E-state index in [1.54, 1.807) is 4.31 Å². The molecule has 2 fully saturated rings. The lowest BCUT2D eigenvalue weighted by Gasteiger charge is -2.30. The molecule has 1 aliphatic carbocycles. The molecule has 8 heteroatoms. The van der Waals surface area contributed by atoms with Gasteiger partial charge in [-0.2, -0.15) is 5.10 Å². The largest absolute Gasteiger partial charge is 0.367 e. The van der Waals surface area contributed by atoms with Crippen LogP contribution >= 0.6 is 0 Å². The number of sulfonamides is 1. The first-order chi connectivity index (χ1) is 13.5. The number of fused-ring (bicyclic) bond motifs is 1. The van der Waals surface area contributed by atoms with E-state index in [9.17, 15) is 8.42 Å². The molecule has 0 bridgehead atoms. The van der Waals surface area contributed by atoms with Gasteiger partial charge >= 0.3 is 0 Å². The minimum atomic E-state index is -3.06. The number of H-pyrrole nitrogens is 1. The number of nitrogens with one attached hydrogen (secondary N) is 2. The number of hydrogen-bond acceptors (Lipinski definition) is 5. The molecule has 0 atom stereocenters. The highest BCUT2D eigenvalue weighted by Gasteiger charge is 2.25. The number of aromatic nitrogens is 3. The van der Waals surface area contributed by atoms with Gasteiger partial charge in [0.15, 0.2) is 0 Å². The molecule has 2 aromatic heterocycles. The Labute approximate surface area is 167 Å². The lowest BCUT2D eigenvalue weighted by Crippen LogP contribution is -2.37. The standard InChI is InChI=1S/C20H31N5O2S/c1-28(26,27)25-13-10-15(11-14-25)7-8-17-19-18(24-23-17)9-12-21-20(19)22-16-5-3-2-4-6-16/h9,12,15-16H,2-8,10-11,13-14H2,1H3,(H,21,22)(H,23,24). The quantitative estimate of drug-likeness (QED) is 0.769. The SMILES string of the molecule is CS(=O)(=O)N1CCC(CCc2[nH]nc3ccnc(NC4CCCCC4)c23)CC1. The second kappa shape index (κ2) is 8.37. The Morgan fingerprint density at radius 3 is 2.64 bits per heavy atom. The summed E-state index contributed by atoms with van der Waals surface area (Å²) in [5.41, 5.74) is 2.11. The van der Waals surface area contributed by atoms with E-state index < -0.39 is 10.0 Å². The van der Waals surface area contributed by atoms with Gasteiger partial charge in [-0.1, -0.05) is 19.3 Å². The molecule has 0 aromatic carbocycles. The van der Waals surface area contributed by atoms with Crippen LogP contribution in [-0.2, 0) is 16.4 Å². The highest BCUT2D eigenvalue weighted by Crippen LogP contribution is 2.29. The van der Waals surface area contributed by atoms with Crippen LogP contribution < -0.4 is 5.32 Å². The Balaban J connectivity index is 1.41. The third-order valence-electron chi connectivity index (χ3n) is 6.33. The van der Waals surface area contributed by atoms with Crippen LogP contribution in [-0.4, -0.2) is 53.3 Å². The Bertz CT molecular complexity index is 896. The zero-order valence-electron chi connectivity index (χ0n) is 16.7. The first kappa shape index (κ1) is 19.6. The van der Waals surface area contributed by atoms with E-state index in [2.05, 4.69) is 20.5 Å². The summed E-state index contributed by atoms with van der Waals surface area (Å²) in [6.07, 6.45) is 13.3. The van der Waals surface area contributed by atoms with E-state index in [4.69, 9.17) is 0 Å². The van der Waals surface area contributed by atoms with E-state index in [0.717, 1.165) is 48.1 Å². The van der Waals surface area contributed by atoms with Gasteiger partial charge in [-0.3, -0.25) is 5.10 Å². The third kappa shape index (κ3) is 4.49. The maximum atomic E-state index is 11.7. The summed E-state index contributed by atoms with van der Waals surface area (Å²) in [6.45, 7) is 1.28. The molecule has 2 N–H and O–H groups in total. The predicted molar refractivity (Wildman–Crippen MR) is 112 cm³/mol. The first-order valence-electron chi connectivity index (χ1n) is 10.5. The molecule has 4 rings (SSSR count). The van der Waals surface area contributed by atoms with E-state index >= 15 is 0 Å². The van der Waals surface area contributed by atoms with Gasteiger partial charge in [0.1, 0.15) is 5.82 Å². The highest BCUT2D eigenvalue weighted by atomic mass is 32.2. The van der Waals surface area contributed by atoms with Crippen LogP contribution in [0.3, 0.4) is 0 Å². The predicted octanol–water partition coefficient (Wildman–Crippen LogP) is 3.31. The van der Waals surface area contributed by atoms with Gasteiger partial charge in [0.05, 0.1) is 17.2 Å². The fourth-order valence-corrected chi connectivity index (χ4v) is 5.51. The smallest absolute Gasteiger partial charge is 0.211 e. The first-order valence-corrected chi connectivity index (χ1v) is 12.4. The second-order valence-electron chi connectivity index (χ2n) is 8.38. The molecular formula is C20H31N5O2S. The van der Waals surface area contributed by atoms with Crippen molar-refractivity contribution in [2.45, 2.75) is 63.8 Å². The van der Waals surface area contributed by atoms with Crippen molar-refractivity contribution in [3.05, 3.63) is 18.0 Å². The minimum Gasteiger partial charge on any atom is -0.367 e. The summed E-state index contributed by atoms with van der Waals surface area (Å²) in [6, 6.07) is 2.47. The monoisotopic (exact) mass is 405 g/mol. The molecule has 28 heavy (non-hydrogen) atoms. The van der Waals surface area contributed by atoms with Crippen LogP contribution in [0.5, 0.6) is 0 Å². The van der Waals surface area contributed by atoms with Crippen LogP contribution in [0.15, 0.2) is 12.3 Å². The number of hydrogen-bond donors (Lipinski definition) is 2. The van der Waals surface area contributed by atoms with Gasteiger partial charge in [-0.05, 0) is 50.5 Å². The molecule has 0 unspecified atom stereocenters. The maximum Gasteiger partial charge on any atom is 0.211 e. The maximum absolute atomic E-state index is 11.7. The fourth-order valence-electron chi connectivity index (χ4n) is 4.63. The fraction of sp³-hybridized carbons (Fsp3) is 0.700. The van der Waals surface area contributed by atoms with Crippen LogP contribution in [0.2, 0.25) is 0 Å². The Kier molecular flexibility index (Phi) is 5.87. The molecule has 1 saturated heterocycles. The summed E-state index contributed by atoms with van der Waals surface area (Å²) in [5.74, 6) is 1.52. The normalized spacial score (nSPS) is 20.6. The van der Waals surface area contributed by atoms with Crippen molar-refractivity contribution in [2.24, 2.45) is 5.92 Å². The average Bonchev–Trinajstić information content (AvgIpc) is 3.11. The summed E-state index contributed by atoms with van der Waals surface area (Å²) in [7, 11) is -3.06. The average molecular weight is 406 g/mol. The van der Waals surface area contributed by atoms with E-state index in [-0.39, 0.29) is 0 Å². The van der Waals surface area contributed by atoms with Crippen molar-refractivity contribution in [2.75, 3.05) is 24.7 Å². The van der Waals surface area contributed by atoms with Crippen molar-refractivity contribution >= 4 is 26.7 Å². The van der Waals surface area contributed by atoms with E-state index in [1.165, 1.54) is 38.4 Å². The molecule has 2 aromatic rings. The van der Waals surface area contributed by atoms with E-state index in [1.807, 2.05) is 12.3 Å². The second-order valence-corrected chi connectivity index (χ2v) is 10.4. The zero-order valence-corrected chi connectivity index (χ0v) is 17.5. The summed E-state index contributed by atoms with van der Waals surface area (Å²) in [5, 5.41) is 12.5. The van der Waals surface area contributed by atoms with Crippen LogP contribution in [0, 0.1) is 5.92 Å². The van der Waals surface area contributed by atoms with Crippen molar-refractivity contribution in [1.82, 2.24) is 19.5 Å². The Morgan fingerprint density at radius 1 is 1.18 bits per heavy atom. The molecule has 154 valence electrons. The van der Waals surface area contributed by atoms with Gasteiger partial charge in [-0.25, -0.2) is 17.7 Å². The highest BCUT2D eigenvalue weighted by molar-refractivity contribution is 7.88. The van der Waals surface area contributed by atoms with Crippen LogP contribution in [0.1, 0.15) is 57.1 Å².